The highest BCUT2D eigenvalue weighted by Gasteiger charge is 2.23. The van der Waals surface area contributed by atoms with E-state index in [1.54, 1.807) is 23.9 Å². The van der Waals surface area contributed by atoms with Gasteiger partial charge in [0.05, 0.1) is 35.4 Å². The third-order valence-corrected chi connectivity index (χ3v) is 5.48. The van der Waals surface area contributed by atoms with Crippen LogP contribution in [0.1, 0.15) is 18.9 Å². The molecule has 142 valence electrons. The van der Waals surface area contributed by atoms with Gasteiger partial charge in [0.2, 0.25) is 5.95 Å². The average molecular weight is 378 g/mol. The zero-order chi connectivity index (χ0) is 19.3. The van der Waals surface area contributed by atoms with E-state index in [-0.39, 0.29) is 11.7 Å². The van der Waals surface area contributed by atoms with Gasteiger partial charge in [0.15, 0.2) is 0 Å². The molecule has 0 aliphatic carbocycles. The van der Waals surface area contributed by atoms with Gasteiger partial charge in [-0.15, -0.1) is 0 Å². The highest BCUT2D eigenvalue weighted by molar-refractivity contribution is 6.04. The molecule has 4 aromatic rings. The molecule has 4 heterocycles. The Morgan fingerprint density at radius 3 is 2.75 bits per heavy atom. The monoisotopic (exact) mass is 378 g/mol. The normalized spacial score (nSPS) is 17.4. The van der Waals surface area contributed by atoms with E-state index in [9.17, 15) is 9.18 Å². The first-order valence-electron chi connectivity index (χ1n) is 9.33. The Bertz CT molecular complexity index is 1240. The summed E-state index contributed by atoms with van der Waals surface area (Å²) in [5.74, 6) is -0.511. The molecule has 0 amide bonds. The number of benzene rings is 1. The molecule has 1 aromatic carbocycles. The molecule has 1 fully saturated rings. The SMILES string of the molecule is Cn1c(=O)n([C@@H]2CCCOC2)c2c3cc(-c4ccc(F)nc4)ccc3ncc21. The predicted octanol–water partition coefficient (Wildman–Crippen LogP) is 3.44. The number of fused-ring (bicyclic) bond motifs is 3. The number of ether oxygens (including phenoxy) is 1. The average Bonchev–Trinajstić information content (AvgIpc) is 3.00. The van der Waals surface area contributed by atoms with Crippen molar-refractivity contribution in [3.63, 3.8) is 0 Å². The quantitative estimate of drug-likeness (QED) is 0.501. The summed E-state index contributed by atoms with van der Waals surface area (Å²) in [4.78, 5) is 21.3. The Morgan fingerprint density at radius 2 is 2.00 bits per heavy atom. The molecule has 1 saturated heterocycles. The van der Waals surface area contributed by atoms with Gasteiger partial charge in [0, 0.05) is 30.8 Å². The Labute approximate surface area is 160 Å². The molecular formula is C21H19FN4O2. The van der Waals surface area contributed by atoms with Crippen LogP contribution in [0.15, 0.2) is 47.5 Å². The van der Waals surface area contributed by atoms with E-state index in [1.807, 2.05) is 22.8 Å². The Morgan fingerprint density at radius 1 is 1.14 bits per heavy atom. The van der Waals surface area contributed by atoms with Gasteiger partial charge in [-0.1, -0.05) is 6.07 Å². The first kappa shape index (κ1) is 17.1. The van der Waals surface area contributed by atoms with E-state index >= 15 is 0 Å². The van der Waals surface area contributed by atoms with Crippen LogP contribution < -0.4 is 5.69 Å². The lowest BCUT2D eigenvalue weighted by Gasteiger charge is -2.23. The maximum Gasteiger partial charge on any atom is 0.329 e. The number of rotatable bonds is 2. The van der Waals surface area contributed by atoms with Crippen molar-refractivity contribution in [2.75, 3.05) is 13.2 Å². The van der Waals surface area contributed by atoms with Crippen molar-refractivity contribution in [1.82, 2.24) is 19.1 Å². The van der Waals surface area contributed by atoms with Gasteiger partial charge in [-0.25, -0.2) is 9.78 Å². The van der Waals surface area contributed by atoms with Crippen LogP contribution in [0.3, 0.4) is 0 Å². The van der Waals surface area contributed by atoms with Crippen molar-refractivity contribution in [2.24, 2.45) is 7.05 Å². The van der Waals surface area contributed by atoms with E-state index in [2.05, 4.69) is 9.97 Å². The van der Waals surface area contributed by atoms with Crippen LogP contribution >= 0.6 is 0 Å². The molecule has 7 heteroatoms. The highest BCUT2D eigenvalue weighted by Crippen LogP contribution is 2.31. The lowest BCUT2D eigenvalue weighted by molar-refractivity contribution is 0.0593. The minimum atomic E-state index is -0.511. The molecule has 1 aliphatic heterocycles. The molecule has 3 aromatic heterocycles. The van der Waals surface area contributed by atoms with Crippen LogP contribution in [0.4, 0.5) is 4.39 Å². The van der Waals surface area contributed by atoms with Crippen LogP contribution in [0, 0.1) is 5.95 Å². The van der Waals surface area contributed by atoms with Crippen molar-refractivity contribution in [3.05, 3.63) is 59.2 Å². The van der Waals surface area contributed by atoms with Gasteiger partial charge in [-0.05, 0) is 42.7 Å². The van der Waals surface area contributed by atoms with Gasteiger partial charge >= 0.3 is 5.69 Å². The fourth-order valence-corrected chi connectivity index (χ4v) is 4.02. The first-order valence-corrected chi connectivity index (χ1v) is 9.33. The number of pyridine rings is 2. The van der Waals surface area contributed by atoms with Gasteiger partial charge in [0.1, 0.15) is 0 Å². The standard InChI is InChI=1S/C21H19FN4O2/c1-25-18-11-23-17-6-4-13(14-5-7-19(22)24-10-14)9-16(17)20(18)26(21(25)27)15-3-2-8-28-12-15/h4-7,9-11,15H,2-3,8,12H2,1H3/t15-/m1/s1. The number of imidazole rings is 1. The summed E-state index contributed by atoms with van der Waals surface area (Å²) in [6.07, 6.45) is 5.10. The predicted molar refractivity (Wildman–Crippen MR) is 105 cm³/mol. The first-order chi connectivity index (χ1) is 13.6. The van der Waals surface area contributed by atoms with Crippen molar-refractivity contribution >= 4 is 21.9 Å². The number of halogens is 1. The largest absolute Gasteiger partial charge is 0.379 e. The molecule has 28 heavy (non-hydrogen) atoms. The summed E-state index contributed by atoms with van der Waals surface area (Å²) in [6.45, 7) is 1.27. The van der Waals surface area contributed by atoms with E-state index in [4.69, 9.17) is 4.74 Å². The highest BCUT2D eigenvalue weighted by atomic mass is 19.1. The van der Waals surface area contributed by atoms with Crippen LogP contribution in [0.2, 0.25) is 0 Å². The minimum Gasteiger partial charge on any atom is -0.379 e. The molecule has 0 N–H and O–H groups in total. The Balaban J connectivity index is 1.79. The number of aryl methyl sites for hydroxylation is 1. The second kappa shape index (κ2) is 6.53. The Hall–Kier alpha value is -3.06. The minimum absolute atomic E-state index is 0.00620. The van der Waals surface area contributed by atoms with Gasteiger partial charge in [-0.2, -0.15) is 4.39 Å². The van der Waals surface area contributed by atoms with Gasteiger partial charge < -0.3 is 4.74 Å². The van der Waals surface area contributed by atoms with Gasteiger partial charge in [-0.3, -0.25) is 14.1 Å². The third kappa shape index (κ3) is 2.62. The smallest absolute Gasteiger partial charge is 0.329 e. The summed E-state index contributed by atoms with van der Waals surface area (Å²) >= 11 is 0. The maximum atomic E-state index is 13.2. The summed E-state index contributed by atoms with van der Waals surface area (Å²) in [5.41, 5.74) is 4.11. The van der Waals surface area contributed by atoms with Crippen molar-refractivity contribution in [2.45, 2.75) is 18.9 Å². The number of aromatic nitrogens is 4. The lowest BCUT2D eigenvalue weighted by Crippen LogP contribution is -2.31. The van der Waals surface area contributed by atoms with Crippen molar-refractivity contribution < 1.29 is 9.13 Å². The fourth-order valence-electron chi connectivity index (χ4n) is 4.02. The molecule has 5 rings (SSSR count). The lowest BCUT2D eigenvalue weighted by atomic mass is 10.0. The molecule has 0 spiro atoms. The zero-order valence-corrected chi connectivity index (χ0v) is 15.4. The van der Waals surface area contributed by atoms with Crippen LogP contribution in [-0.4, -0.2) is 32.3 Å². The topological polar surface area (TPSA) is 61.9 Å². The fraction of sp³-hybridized carbons (Fsp3) is 0.286. The van der Waals surface area contributed by atoms with Gasteiger partial charge in [0.25, 0.3) is 0 Å². The van der Waals surface area contributed by atoms with E-state index in [0.29, 0.717) is 6.61 Å². The summed E-state index contributed by atoms with van der Waals surface area (Å²) in [7, 11) is 1.77. The molecular weight excluding hydrogens is 359 g/mol. The second-order valence-electron chi connectivity index (χ2n) is 7.18. The van der Waals surface area contributed by atoms with Crippen LogP contribution in [0.25, 0.3) is 33.1 Å². The molecule has 1 aliphatic rings. The molecule has 1 atom stereocenters. The molecule has 0 saturated carbocycles. The Kier molecular flexibility index (Phi) is 3.98. The van der Waals surface area contributed by atoms with Crippen molar-refractivity contribution in [3.8, 4) is 11.1 Å². The van der Waals surface area contributed by atoms with Crippen LogP contribution in [-0.2, 0) is 11.8 Å². The number of hydrogen-bond donors (Lipinski definition) is 0. The second-order valence-corrected chi connectivity index (χ2v) is 7.18. The third-order valence-electron chi connectivity index (χ3n) is 5.48. The molecule has 0 radical (unpaired) electrons. The molecule has 0 bridgehead atoms. The van der Waals surface area contributed by atoms with E-state index in [0.717, 1.165) is 52.5 Å². The zero-order valence-electron chi connectivity index (χ0n) is 15.4. The van der Waals surface area contributed by atoms with Crippen molar-refractivity contribution in [1.29, 1.82) is 0 Å². The number of hydrogen-bond acceptors (Lipinski definition) is 4. The van der Waals surface area contributed by atoms with Crippen LogP contribution in [0.5, 0.6) is 0 Å². The summed E-state index contributed by atoms with van der Waals surface area (Å²) in [5, 5.41) is 0.891. The van der Waals surface area contributed by atoms with E-state index < -0.39 is 5.95 Å². The summed E-state index contributed by atoms with van der Waals surface area (Å²) < 4.78 is 22.3. The number of nitrogens with zero attached hydrogens (tertiary/aromatic N) is 4. The maximum absolute atomic E-state index is 13.2. The van der Waals surface area contributed by atoms with E-state index in [1.165, 1.54) is 12.3 Å². The molecule has 6 nitrogen and oxygen atoms in total. The molecule has 0 unspecified atom stereocenters. The summed E-state index contributed by atoms with van der Waals surface area (Å²) in [6, 6.07) is 8.91.